The molecule has 0 saturated carbocycles. The van der Waals surface area contributed by atoms with Crippen LogP contribution in [0.25, 0.3) is 11.3 Å². The van der Waals surface area contributed by atoms with Crippen LogP contribution in [-0.4, -0.2) is 18.3 Å². The average molecular weight is 401 g/mol. The van der Waals surface area contributed by atoms with Crippen LogP contribution >= 0.6 is 11.3 Å². The van der Waals surface area contributed by atoms with E-state index in [1.165, 1.54) is 11.3 Å². The lowest BCUT2D eigenvalue weighted by Crippen LogP contribution is -1.94. The quantitative estimate of drug-likeness (QED) is 0.302. The fourth-order valence-electron chi connectivity index (χ4n) is 2.67. The highest BCUT2D eigenvalue weighted by molar-refractivity contribution is 7.14. The molecule has 29 heavy (non-hydrogen) atoms. The Labute approximate surface area is 173 Å². The first kappa shape index (κ1) is 18.7. The summed E-state index contributed by atoms with van der Waals surface area (Å²) in [4.78, 5) is 4.57. The summed E-state index contributed by atoms with van der Waals surface area (Å²) >= 11 is 1.51. The maximum atomic E-state index is 5.99. The summed E-state index contributed by atoms with van der Waals surface area (Å²) in [5.74, 6) is 2.23. The molecule has 4 aromatic rings. The van der Waals surface area contributed by atoms with Gasteiger partial charge in [0, 0.05) is 16.5 Å². The Balaban J connectivity index is 1.44. The summed E-state index contributed by atoms with van der Waals surface area (Å²) < 4.78 is 11.2. The Hall–Kier alpha value is -3.64. The molecule has 4 rings (SSSR count). The van der Waals surface area contributed by atoms with Gasteiger partial charge < -0.3 is 9.47 Å². The molecule has 1 heterocycles. The summed E-state index contributed by atoms with van der Waals surface area (Å²) in [6, 6.07) is 25.2. The normalized spacial score (nSPS) is 10.8. The second-order valence-corrected chi connectivity index (χ2v) is 6.95. The fourth-order valence-corrected chi connectivity index (χ4v) is 3.34. The van der Waals surface area contributed by atoms with E-state index in [0.717, 1.165) is 33.5 Å². The molecular formula is C23H19N3O2S. The molecule has 5 nitrogen and oxygen atoms in total. The third-order valence-electron chi connectivity index (χ3n) is 4.14. The van der Waals surface area contributed by atoms with E-state index >= 15 is 0 Å². The Morgan fingerprint density at radius 1 is 0.897 bits per heavy atom. The van der Waals surface area contributed by atoms with Crippen molar-refractivity contribution in [1.82, 2.24) is 4.98 Å². The number of hydrogen-bond acceptors (Lipinski definition) is 6. The molecule has 6 heteroatoms. The number of nitrogens with one attached hydrogen (secondary N) is 1. The Kier molecular flexibility index (Phi) is 5.83. The SMILES string of the molecule is COc1ccc(Oc2ccccc2C=NNc2nc(-c3ccccc3)cs2)cc1. The van der Waals surface area contributed by atoms with Crippen molar-refractivity contribution >= 4 is 22.7 Å². The first-order chi connectivity index (χ1) is 14.3. The standard InChI is InChI=1S/C23H19N3O2S/c1-27-19-11-13-20(14-12-19)28-22-10-6-5-9-18(22)15-24-26-23-25-21(16-29-23)17-7-3-2-4-8-17/h2-16H,1H3,(H,25,26). The van der Waals surface area contributed by atoms with Crippen LogP contribution in [0.2, 0.25) is 0 Å². The molecule has 0 radical (unpaired) electrons. The maximum absolute atomic E-state index is 5.99. The van der Waals surface area contributed by atoms with Gasteiger partial charge in [0.15, 0.2) is 0 Å². The predicted molar refractivity (Wildman–Crippen MR) is 118 cm³/mol. The minimum Gasteiger partial charge on any atom is -0.497 e. The van der Waals surface area contributed by atoms with Crippen molar-refractivity contribution in [2.24, 2.45) is 5.10 Å². The third kappa shape index (κ3) is 4.80. The van der Waals surface area contributed by atoms with Gasteiger partial charge in [0.25, 0.3) is 0 Å². The first-order valence-electron chi connectivity index (χ1n) is 9.03. The van der Waals surface area contributed by atoms with Crippen LogP contribution in [0.15, 0.2) is 89.3 Å². The van der Waals surface area contributed by atoms with E-state index in [9.17, 15) is 0 Å². The number of methoxy groups -OCH3 is 1. The molecule has 0 unspecified atom stereocenters. The van der Waals surface area contributed by atoms with Crippen molar-refractivity contribution in [2.75, 3.05) is 12.5 Å². The molecule has 0 aliphatic carbocycles. The highest BCUT2D eigenvalue weighted by atomic mass is 32.1. The average Bonchev–Trinajstić information content (AvgIpc) is 3.25. The van der Waals surface area contributed by atoms with Crippen molar-refractivity contribution < 1.29 is 9.47 Å². The van der Waals surface area contributed by atoms with Gasteiger partial charge in [0.05, 0.1) is 19.0 Å². The van der Waals surface area contributed by atoms with Crippen molar-refractivity contribution in [1.29, 1.82) is 0 Å². The third-order valence-corrected chi connectivity index (χ3v) is 4.89. The van der Waals surface area contributed by atoms with E-state index in [2.05, 4.69) is 15.5 Å². The number of thiazole rings is 1. The number of ether oxygens (including phenoxy) is 2. The fraction of sp³-hybridized carbons (Fsp3) is 0.0435. The van der Waals surface area contributed by atoms with Gasteiger partial charge in [-0.15, -0.1) is 11.3 Å². The number of hydrogen-bond donors (Lipinski definition) is 1. The number of benzene rings is 3. The molecule has 0 aliphatic rings. The molecule has 0 fully saturated rings. The highest BCUT2D eigenvalue weighted by Crippen LogP contribution is 2.27. The summed E-state index contributed by atoms with van der Waals surface area (Å²) in [6.07, 6.45) is 1.72. The van der Waals surface area contributed by atoms with E-state index < -0.39 is 0 Å². The second kappa shape index (κ2) is 9.03. The Bertz CT molecular complexity index is 1090. The molecule has 1 aromatic heterocycles. The predicted octanol–water partition coefficient (Wildman–Crippen LogP) is 6.06. The zero-order chi connectivity index (χ0) is 19.9. The van der Waals surface area contributed by atoms with Gasteiger partial charge in [0.2, 0.25) is 5.13 Å². The van der Waals surface area contributed by atoms with Gasteiger partial charge >= 0.3 is 0 Å². The smallest absolute Gasteiger partial charge is 0.203 e. The van der Waals surface area contributed by atoms with Gasteiger partial charge in [-0.1, -0.05) is 42.5 Å². The molecule has 0 atom stereocenters. The lowest BCUT2D eigenvalue weighted by Gasteiger charge is -2.09. The number of anilines is 1. The van der Waals surface area contributed by atoms with Crippen LogP contribution in [0.3, 0.4) is 0 Å². The highest BCUT2D eigenvalue weighted by Gasteiger charge is 2.05. The van der Waals surface area contributed by atoms with Crippen LogP contribution in [0.4, 0.5) is 5.13 Å². The van der Waals surface area contributed by atoms with Crippen LogP contribution < -0.4 is 14.9 Å². The largest absolute Gasteiger partial charge is 0.497 e. The molecular weight excluding hydrogens is 382 g/mol. The van der Waals surface area contributed by atoms with Gasteiger partial charge in [-0.25, -0.2) is 4.98 Å². The molecule has 0 amide bonds. The summed E-state index contributed by atoms with van der Waals surface area (Å²) in [6.45, 7) is 0. The number of aromatic nitrogens is 1. The van der Waals surface area contributed by atoms with E-state index in [-0.39, 0.29) is 0 Å². The van der Waals surface area contributed by atoms with E-state index in [1.807, 2.05) is 84.2 Å². The van der Waals surface area contributed by atoms with Gasteiger partial charge in [0.1, 0.15) is 17.2 Å². The van der Waals surface area contributed by atoms with Gasteiger partial charge in [-0.3, -0.25) is 5.43 Å². The van der Waals surface area contributed by atoms with Crippen molar-refractivity contribution in [2.45, 2.75) is 0 Å². The zero-order valence-electron chi connectivity index (χ0n) is 15.8. The van der Waals surface area contributed by atoms with Gasteiger partial charge in [-0.2, -0.15) is 5.10 Å². The number of para-hydroxylation sites is 1. The van der Waals surface area contributed by atoms with Crippen molar-refractivity contribution in [3.8, 4) is 28.5 Å². The molecule has 0 saturated heterocycles. The van der Waals surface area contributed by atoms with E-state index in [0.29, 0.717) is 5.75 Å². The van der Waals surface area contributed by atoms with Gasteiger partial charge in [-0.05, 0) is 36.4 Å². The minimum absolute atomic E-state index is 0.715. The molecule has 0 spiro atoms. The second-order valence-electron chi connectivity index (χ2n) is 6.09. The minimum atomic E-state index is 0.715. The van der Waals surface area contributed by atoms with E-state index in [4.69, 9.17) is 9.47 Å². The molecule has 0 bridgehead atoms. The van der Waals surface area contributed by atoms with Crippen LogP contribution in [0, 0.1) is 0 Å². The summed E-state index contributed by atoms with van der Waals surface area (Å²) in [7, 11) is 1.64. The topological polar surface area (TPSA) is 55.7 Å². The van der Waals surface area contributed by atoms with Crippen LogP contribution in [0.1, 0.15) is 5.56 Å². The van der Waals surface area contributed by atoms with Crippen LogP contribution in [0.5, 0.6) is 17.2 Å². The lowest BCUT2D eigenvalue weighted by molar-refractivity contribution is 0.413. The summed E-state index contributed by atoms with van der Waals surface area (Å²) in [5, 5.41) is 7.06. The molecule has 1 N–H and O–H groups in total. The Morgan fingerprint density at radius 2 is 1.62 bits per heavy atom. The number of rotatable bonds is 7. The zero-order valence-corrected chi connectivity index (χ0v) is 16.6. The molecule has 144 valence electrons. The summed E-state index contributed by atoms with van der Waals surface area (Å²) in [5.41, 5.74) is 5.86. The number of nitrogens with zero attached hydrogens (tertiary/aromatic N) is 2. The van der Waals surface area contributed by atoms with Crippen molar-refractivity contribution in [3.05, 3.63) is 89.8 Å². The molecule has 3 aromatic carbocycles. The number of hydrazone groups is 1. The maximum Gasteiger partial charge on any atom is 0.203 e. The molecule has 0 aliphatic heterocycles. The van der Waals surface area contributed by atoms with Crippen LogP contribution in [-0.2, 0) is 0 Å². The van der Waals surface area contributed by atoms with E-state index in [1.54, 1.807) is 13.3 Å². The Morgan fingerprint density at radius 3 is 2.41 bits per heavy atom. The monoisotopic (exact) mass is 401 g/mol. The van der Waals surface area contributed by atoms with Crippen molar-refractivity contribution in [3.63, 3.8) is 0 Å². The lowest BCUT2D eigenvalue weighted by atomic mass is 10.2. The first-order valence-corrected chi connectivity index (χ1v) is 9.91.